The van der Waals surface area contributed by atoms with Crippen molar-refractivity contribution in [3.8, 4) is 0 Å². The van der Waals surface area contributed by atoms with Crippen LogP contribution in [-0.4, -0.2) is 105 Å². The standard InChI is InChI=1S/C36H48N2O8/c1-6-44-33(42)31(23-7-10-25(11-8-23)37(4)5)26-19-24(32(41)46-26)9-12-27-34(2)14-13-30(40)35(3,21-39)28(34)20-29(36(27)22-45-36)38-15-17-43-18-16-38/h7-12,19,27-30,39-40H,6,13-18,20-22H2,1-5H3/b12-9+,31-26-/t27?,28?,29?,30-,34-,35+,36?/m1/s1. The van der Waals surface area contributed by atoms with Gasteiger partial charge in [0.15, 0.2) is 0 Å². The van der Waals surface area contributed by atoms with Crippen molar-refractivity contribution in [2.75, 3.05) is 65.1 Å². The van der Waals surface area contributed by atoms with Gasteiger partial charge in [0, 0.05) is 50.2 Å². The van der Waals surface area contributed by atoms with E-state index in [4.69, 9.17) is 18.9 Å². The number of nitrogens with zero attached hydrogens (tertiary/aromatic N) is 2. The lowest BCUT2D eigenvalue weighted by Gasteiger charge is -2.63. The summed E-state index contributed by atoms with van der Waals surface area (Å²) in [5.74, 6) is -1.01. The second-order valence-electron chi connectivity index (χ2n) is 14.1. The molecule has 0 bridgehead atoms. The zero-order valence-electron chi connectivity index (χ0n) is 27.7. The van der Waals surface area contributed by atoms with Crippen LogP contribution in [0, 0.1) is 22.7 Å². The molecule has 2 N–H and O–H groups in total. The van der Waals surface area contributed by atoms with Crippen LogP contribution >= 0.6 is 0 Å². The van der Waals surface area contributed by atoms with Crippen LogP contribution in [0.1, 0.15) is 45.6 Å². The van der Waals surface area contributed by atoms with Crippen LogP contribution in [0.5, 0.6) is 0 Å². The van der Waals surface area contributed by atoms with Gasteiger partial charge in [-0.1, -0.05) is 38.1 Å². The van der Waals surface area contributed by atoms with Gasteiger partial charge < -0.3 is 34.1 Å². The molecule has 2 aliphatic carbocycles. The highest BCUT2D eigenvalue weighted by Gasteiger charge is 2.71. The van der Waals surface area contributed by atoms with Gasteiger partial charge in [-0.2, -0.15) is 0 Å². The van der Waals surface area contributed by atoms with E-state index in [1.807, 2.05) is 56.3 Å². The molecule has 0 radical (unpaired) electrons. The molecule has 3 aliphatic heterocycles. The van der Waals surface area contributed by atoms with Crippen LogP contribution in [0.4, 0.5) is 5.69 Å². The third-order valence-electron chi connectivity index (χ3n) is 11.5. The Kier molecular flexibility index (Phi) is 8.97. The number of hydrogen-bond donors (Lipinski definition) is 2. The predicted octanol–water partition coefficient (Wildman–Crippen LogP) is 3.33. The number of allylic oxidation sites excluding steroid dienone is 1. The van der Waals surface area contributed by atoms with Gasteiger partial charge in [0.1, 0.15) is 16.9 Å². The zero-order valence-corrected chi connectivity index (χ0v) is 27.7. The van der Waals surface area contributed by atoms with Gasteiger partial charge in [0.05, 0.1) is 44.7 Å². The predicted molar refractivity (Wildman–Crippen MR) is 173 cm³/mol. The third kappa shape index (κ3) is 5.52. The fourth-order valence-corrected chi connectivity index (χ4v) is 8.75. The van der Waals surface area contributed by atoms with Crippen molar-refractivity contribution in [2.24, 2.45) is 22.7 Å². The minimum atomic E-state index is -0.668. The molecular weight excluding hydrogens is 588 g/mol. The second kappa shape index (κ2) is 12.5. The van der Waals surface area contributed by atoms with Crippen molar-refractivity contribution < 1.29 is 38.7 Å². The number of carbonyl (C=O) groups is 2. The number of aliphatic hydroxyl groups is 2. The number of ether oxygens (including phenoxy) is 4. The molecule has 2 saturated heterocycles. The van der Waals surface area contributed by atoms with Crippen molar-refractivity contribution in [2.45, 2.75) is 57.8 Å². The van der Waals surface area contributed by atoms with Crippen molar-refractivity contribution in [1.82, 2.24) is 4.90 Å². The Morgan fingerprint density at radius 1 is 1.17 bits per heavy atom. The molecule has 7 atom stereocenters. The van der Waals surface area contributed by atoms with E-state index >= 15 is 0 Å². The molecule has 1 aromatic rings. The van der Waals surface area contributed by atoms with Crippen molar-refractivity contribution in [1.29, 1.82) is 0 Å². The van der Waals surface area contributed by atoms with Crippen molar-refractivity contribution >= 4 is 23.2 Å². The Balaban J connectivity index is 1.39. The van der Waals surface area contributed by atoms with E-state index in [-0.39, 0.29) is 47.8 Å². The number of epoxide rings is 1. The number of anilines is 1. The molecule has 2 saturated carbocycles. The highest BCUT2D eigenvalue weighted by atomic mass is 16.6. The Morgan fingerprint density at radius 3 is 2.48 bits per heavy atom. The normalized spacial score (nSPS) is 37.1. The van der Waals surface area contributed by atoms with E-state index in [1.165, 1.54) is 0 Å². The molecule has 4 fully saturated rings. The van der Waals surface area contributed by atoms with E-state index in [0.717, 1.165) is 31.6 Å². The summed E-state index contributed by atoms with van der Waals surface area (Å²) in [5.41, 5.74) is 0.701. The summed E-state index contributed by atoms with van der Waals surface area (Å²) < 4.78 is 23.2. The monoisotopic (exact) mass is 636 g/mol. The fraction of sp³-hybridized carbons (Fsp3) is 0.611. The average Bonchev–Trinajstić information content (AvgIpc) is 3.74. The quantitative estimate of drug-likeness (QED) is 0.250. The number of carbonyl (C=O) groups excluding carboxylic acids is 2. The van der Waals surface area contributed by atoms with Crippen molar-refractivity contribution in [3.05, 3.63) is 59.4 Å². The first-order valence-electron chi connectivity index (χ1n) is 16.5. The summed E-state index contributed by atoms with van der Waals surface area (Å²) >= 11 is 0. The van der Waals surface area contributed by atoms with Gasteiger partial charge >= 0.3 is 11.9 Å². The second-order valence-corrected chi connectivity index (χ2v) is 14.1. The summed E-state index contributed by atoms with van der Waals surface area (Å²) in [7, 11) is 3.88. The molecule has 1 aromatic carbocycles. The molecule has 1 spiro atoms. The number of morpholine rings is 1. The van der Waals surface area contributed by atoms with Gasteiger partial charge in [0.2, 0.25) is 0 Å². The van der Waals surface area contributed by atoms with Gasteiger partial charge in [-0.05, 0) is 61.3 Å². The fourth-order valence-electron chi connectivity index (χ4n) is 8.75. The van der Waals surface area contributed by atoms with Gasteiger partial charge in [0.25, 0.3) is 0 Å². The maximum absolute atomic E-state index is 13.3. The highest BCUT2D eigenvalue weighted by Crippen LogP contribution is 2.66. The first-order chi connectivity index (χ1) is 22.0. The highest BCUT2D eigenvalue weighted by molar-refractivity contribution is 6.19. The minimum absolute atomic E-state index is 0.0200. The summed E-state index contributed by atoms with van der Waals surface area (Å²) in [5, 5.41) is 21.9. The molecule has 0 amide bonds. The molecule has 10 nitrogen and oxygen atoms in total. The largest absolute Gasteiger partial charge is 0.462 e. The smallest absolute Gasteiger partial charge is 0.343 e. The lowest BCUT2D eigenvalue weighted by atomic mass is 9.44. The molecule has 5 aliphatic rings. The molecule has 6 rings (SSSR count). The van der Waals surface area contributed by atoms with E-state index in [0.29, 0.717) is 37.4 Å². The zero-order chi connectivity index (χ0) is 32.9. The molecular formula is C36H48N2O8. The molecule has 46 heavy (non-hydrogen) atoms. The number of esters is 2. The van der Waals surface area contributed by atoms with E-state index in [1.54, 1.807) is 13.0 Å². The Morgan fingerprint density at radius 2 is 1.87 bits per heavy atom. The van der Waals surface area contributed by atoms with Gasteiger partial charge in [-0.3, -0.25) is 4.90 Å². The van der Waals surface area contributed by atoms with Crippen LogP contribution in [0.3, 0.4) is 0 Å². The van der Waals surface area contributed by atoms with Crippen LogP contribution < -0.4 is 4.90 Å². The number of hydrogen-bond acceptors (Lipinski definition) is 10. The van der Waals surface area contributed by atoms with Crippen LogP contribution in [0.25, 0.3) is 5.57 Å². The van der Waals surface area contributed by atoms with Gasteiger partial charge in [-0.25, -0.2) is 9.59 Å². The van der Waals surface area contributed by atoms with E-state index in [9.17, 15) is 19.8 Å². The third-order valence-corrected chi connectivity index (χ3v) is 11.5. The van der Waals surface area contributed by atoms with Crippen LogP contribution in [-0.2, 0) is 28.5 Å². The minimum Gasteiger partial charge on any atom is -0.462 e. The Hall–Kier alpha value is -3.02. The molecule has 3 heterocycles. The SMILES string of the molecule is CCOC(=O)/C(=C1C=C(/C=C/C2C3(CO3)C(N3CCOCC3)CC3[C@]2(C)CC[C@@H](O)[C@@]3(C)CO)C(=O)O/1)c1ccc(N(C)C)cc1. The summed E-state index contributed by atoms with van der Waals surface area (Å²) in [6, 6.07) is 7.53. The summed E-state index contributed by atoms with van der Waals surface area (Å²) in [6.07, 6.45) is 7.08. The van der Waals surface area contributed by atoms with E-state index < -0.39 is 29.1 Å². The number of benzene rings is 1. The molecule has 10 heteroatoms. The Bertz CT molecular complexity index is 1420. The number of cyclic esters (lactones) is 1. The maximum Gasteiger partial charge on any atom is 0.343 e. The number of fused-ring (bicyclic) bond motifs is 1. The summed E-state index contributed by atoms with van der Waals surface area (Å²) in [6.45, 7) is 9.61. The lowest BCUT2D eigenvalue weighted by Crippen LogP contribution is -2.67. The van der Waals surface area contributed by atoms with E-state index in [2.05, 4.69) is 17.9 Å². The topological polar surface area (TPSA) is 121 Å². The van der Waals surface area contributed by atoms with Crippen LogP contribution in [0.15, 0.2) is 53.8 Å². The summed E-state index contributed by atoms with van der Waals surface area (Å²) in [4.78, 5) is 30.9. The number of aliphatic hydroxyl groups excluding tert-OH is 2. The van der Waals surface area contributed by atoms with Crippen molar-refractivity contribution in [3.63, 3.8) is 0 Å². The molecule has 4 unspecified atom stereocenters. The average molecular weight is 637 g/mol. The first-order valence-corrected chi connectivity index (χ1v) is 16.5. The lowest BCUT2D eigenvalue weighted by molar-refractivity contribution is -0.186. The maximum atomic E-state index is 13.3. The first kappa shape index (κ1) is 32.9. The Labute approximate surface area is 271 Å². The molecule has 0 aromatic heterocycles. The van der Waals surface area contributed by atoms with Gasteiger partial charge in [-0.15, -0.1) is 0 Å². The van der Waals surface area contributed by atoms with Crippen LogP contribution in [0.2, 0.25) is 0 Å². The number of rotatable bonds is 8. The molecule has 250 valence electrons.